The van der Waals surface area contributed by atoms with Gasteiger partial charge in [-0.3, -0.25) is 4.68 Å². The number of hydrogen-bond donors (Lipinski definition) is 0. The van der Waals surface area contributed by atoms with E-state index in [1.807, 2.05) is 22.5 Å². The highest BCUT2D eigenvalue weighted by Gasteiger charge is 2.04. The van der Waals surface area contributed by atoms with Crippen molar-refractivity contribution in [3.8, 4) is 0 Å². The zero-order chi connectivity index (χ0) is 10.7. The Bertz CT molecular complexity index is 433. The molecule has 0 N–H and O–H groups in total. The van der Waals surface area contributed by atoms with E-state index in [2.05, 4.69) is 15.2 Å². The number of halogens is 1. The Balaban J connectivity index is 2.02. The molecule has 0 fully saturated rings. The van der Waals surface area contributed by atoms with E-state index in [4.69, 9.17) is 11.6 Å². The summed E-state index contributed by atoms with van der Waals surface area (Å²) in [4.78, 5) is 4.05. The van der Waals surface area contributed by atoms with Crippen molar-refractivity contribution in [3.05, 3.63) is 30.1 Å². The van der Waals surface area contributed by atoms with Crippen molar-refractivity contribution in [1.82, 2.24) is 24.5 Å². The van der Waals surface area contributed by atoms with Crippen LogP contribution in [0.2, 0.25) is 0 Å². The highest BCUT2D eigenvalue weighted by Crippen LogP contribution is 2.03. The molecule has 0 spiro atoms. The fourth-order valence-electron chi connectivity index (χ4n) is 1.45. The second-order valence-electron chi connectivity index (χ2n) is 3.23. The van der Waals surface area contributed by atoms with Gasteiger partial charge in [-0.05, 0) is 6.07 Å². The molecule has 0 saturated carbocycles. The minimum atomic E-state index is 0.394. The Morgan fingerprint density at radius 1 is 1.40 bits per heavy atom. The van der Waals surface area contributed by atoms with Crippen LogP contribution in [0.3, 0.4) is 0 Å². The maximum atomic E-state index is 5.72. The quantitative estimate of drug-likeness (QED) is 0.730. The standard InChI is InChI=1S/C9H12ClN5/c1-14-8(2-4-12-14)3-5-15-9(6-10)11-7-13-15/h2,4,7H,3,5-6H2,1H3. The Morgan fingerprint density at radius 2 is 2.27 bits per heavy atom. The average Bonchev–Trinajstić information content (AvgIpc) is 2.83. The largest absolute Gasteiger partial charge is 0.273 e. The number of hydrogen-bond acceptors (Lipinski definition) is 3. The van der Waals surface area contributed by atoms with Gasteiger partial charge in [0.1, 0.15) is 12.2 Å². The zero-order valence-corrected chi connectivity index (χ0v) is 9.22. The summed E-state index contributed by atoms with van der Waals surface area (Å²) >= 11 is 5.72. The fourth-order valence-corrected chi connectivity index (χ4v) is 1.65. The first-order valence-electron chi connectivity index (χ1n) is 4.71. The van der Waals surface area contributed by atoms with Gasteiger partial charge in [-0.25, -0.2) is 9.67 Å². The van der Waals surface area contributed by atoms with Gasteiger partial charge in [0.05, 0.1) is 5.88 Å². The van der Waals surface area contributed by atoms with Crippen molar-refractivity contribution in [2.75, 3.05) is 0 Å². The lowest BCUT2D eigenvalue weighted by Crippen LogP contribution is -2.09. The fraction of sp³-hybridized carbons (Fsp3) is 0.444. The number of nitrogens with zero attached hydrogens (tertiary/aromatic N) is 5. The highest BCUT2D eigenvalue weighted by molar-refractivity contribution is 6.16. The molecule has 0 aliphatic rings. The van der Waals surface area contributed by atoms with Crippen LogP contribution in [0, 0.1) is 0 Å². The minimum absolute atomic E-state index is 0.394. The van der Waals surface area contributed by atoms with Gasteiger partial charge in [-0.1, -0.05) is 0 Å². The van der Waals surface area contributed by atoms with E-state index in [1.165, 1.54) is 12.0 Å². The van der Waals surface area contributed by atoms with E-state index < -0.39 is 0 Å². The van der Waals surface area contributed by atoms with Gasteiger partial charge < -0.3 is 0 Å². The predicted octanol–water partition coefficient (Wildman–Crippen LogP) is 0.993. The SMILES string of the molecule is Cn1nccc1CCn1ncnc1CCl. The number of aromatic nitrogens is 5. The molecule has 2 heterocycles. The van der Waals surface area contributed by atoms with Gasteiger partial charge >= 0.3 is 0 Å². The van der Waals surface area contributed by atoms with Crippen molar-refractivity contribution in [2.24, 2.45) is 7.05 Å². The average molecular weight is 226 g/mol. The number of aryl methyl sites for hydroxylation is 3. The molecule has 15 heavy (non-hydrogen) atoms. The number of rotatable bonds is 4. The van der Waals surface area contributed by atoms with E-state index in [0.29, 0.717) is 5.88 Å². The Hall–Kier alpha value is -1.36. The van der Waals surface area contributed by atoms with Crippen LogP contribution in [0.1, 0.15) is 11.5 Å². The lowest BCUT2D eigenvalue weighted by Gasteiger charge is -2.04. The third-order valence-corrected chi connectivity index (χ3v) is 2.56. The molecule has 0 unspecified atom stereocenters. The van der Waals surface area contributed by atoms with Crippen molar-refractivity contribution in [3.63, 3.8) is 0 Å². The molecule has 6 heteroatoms. The van der Waals surface area contributed by atoms with Crippen molar-refractivity contribution >= 4 is 11.6 Å². The van der Waals surface area contributed by atoms with Crippen LogP contribution < -0.4 is 0 Å². The van der Waals surface area contributed by atoms with Crippen LogP contribution in [-0.2, 0) is 25.9 Å². The summed E-state index contributed by atoms with van der Waals surface area (Å²) in [6.45, 7) is 0.779. The molecule has 0 aromatic carbocycles. The summed E-state index contributed by atoms with van der Waals surface area (Å²) < 4.78 is 3.68. The molecule has 0 atom stereocenters. The highest BCUT2D eigenvalue weighted by atomic mass is 35.5. The van der Waals surface area contributed by atoms with Crippen LogP contribution in [0.15, 0.2) is 18.6 Å². The van der Waals surface area contributed by atoms with E-state index in [1.54, 1.807) is 6.20 Å². The summed E-state index contributed by atoms with van der Waals surface area (Å²) in [5.74, 6) is 1.20. The van der Waals surface area contributed by atoms with Crippen LogP contribution in [0.4, 0.5) is 0 Å². The van der Waals surface area contributed by atoms with Gasteiger partial charge in [0.25, 0.3) is 0 Å². The molecule has 0 saturated heterocycles. The topological polar surface area (TPSA) is 48.5 Å². The number of alkyl halides is 1. The summed E-state index contributed by atoms with van der Waals surface area (Å²) in [7, 11) is 1.93. The summed E-state index contributed by atoms with van der Waals surface area (Å²) in [6.07, 6.45) is 4.20. The normalized spacial score (nSPS) is 10.8. The Kier molecular flexibility index (Phi) is 3.01. The van der Waals surface area contributed by atoms with Crippen LogP contribution in [-0.4, -0.2) is 24.5 Å². The molecule has 0 radical (unpaired) electrons. The first-order valence-corrected chi connectivity index (χ1v) is 5.24. The predicted molar refractivity (Wildman–Crippen MR) is 56.5 cm³/mol. The van der Waals surface area contributed by atoms with Crippen molar-refractivity contribution < 1.29 is 0 Å². The summed E-state index contributed by atoms with van der Waals surface area (Å²) in [5.41, 5.74) is 1.17. The third-order valence-electron chi connectivity index (χ3n) is 2.32. The zero-order valence-electron chi connectivity index (χ0n) is 8.47. The monoisotopic (exact) mass is 225 g/mol. The van der Waals surface area contributed by atoms with Crippen LogP contribution in [0.5, 0.6) is 0 Å². The minimum Gasteiger partial charge on any atom is -0.273 e. The third kappa shape index (κ3) is 2.18. The van der Waals surface area contributed by atoms with E-state index in [-0.39, 0.29) is 0 Å². The van der Waals surface area contributed by atoms with E-state index >= 15 is 0 Å². The maximum Gasteiger partial charge on any atom is 0.141 e. The van der Waals surface area contributed by atoms with Gasteiger partial charge in [0.2, 0.25) is 0 Å². The molecule has 2 rings (SSSR count). The van der Waals surface area contributed by atoms with Crippen molar-refractivity contribution in [1.29, 1.82) is 0 Å². The van der Waals surface area contributed by atoms with E-state index in [0.717, 1.165) is 18.8 Å². The molecule has 5 nitrogen and oxygen atoms in total. The molecule has 0 aliphatic carbocycles. The molecule has 80 valence electrons. The summed E-state index contributed by atoms with van der Waals surface area (Å²) in [6, 6.07) is 2.00. The molecule has 0 bridgehead atoms. The van der Waals surface area contributed by atoms with Gasteiger partial charge in [-0.15, -0.1) is 11.6 Å². The molecule has 2 aromatic heterocycles. The lowest BCUT2D eigenvalue weighted by molar-refractivity contribution is 0.569. The van der Waals surface area contributed by atoms with Crippen LogP contribution >= 0.6 is 11.6 Å². The Morgan fingerprint density at radius 3 is 2.93 bits per heavy atom. The van der Waals surface area contributed by atoms with Crippen LogP contribution in [0.25, 0.3) is 0 Å². The lowest BCUT2D eigenvalue weighted by atomic mass is 10.3. The second-order valence-corrected chi connectivity index (χ2v) is 3.50. The molecular formula is C9H12ClN5. The Labute approximate surface area is 92.7 Å². The first kappa shape index (κ1) is 10.2. The van der Waals surface area contributed by atoms with Gasteiger partial charge in [0.15, 0.2) is 0 Å². The second kappa shape index (κ2) is 4.44. The smallest absolute Gasteiger partial charge is 0.141 e. The van der Waals surface area contributed by atoms with Crippen molar-refractivity contribution in [2.45, 2.75) is 18.8 Å². The van der Waals surface area contributed by atoms with Gasteiger partial charge in [0, 0.05) is 31.9 Å². The molecular weight excluding hydrogens is 214 g/mol. The first-order chi connectivity index (χ1) is 7.31. The molecule has 2 aromatic rings. The molecule has 0 aliphatic heterocycles. The molecule has 0 amide bonds. The summed E-state index contributed by atoms with van der Waals surface area (Å²) in [5, 5.41) is 8.21. The van der Waals surface area contributed by atoms with E-state index in [9.17, 15) is 0 Å². The van der Waals surface area contributed by atoms with Gasteiger partial charge in [-0.2, -0.15) is 10.2 Å². The maximum absolute atomic E-state index is 5.72.